The maximum atomic E-state index is 12.3. The van der Waals surface area contributed by atoms with Gasteiger partial charge in [-0.25, -0.2) is 14.6 Å². The van der Waals surface area contributed by atoms with Crippen molar-refractivity contribution in [3.05, 3.63) is 17.7 Å². The molecule has 2 rings (SSSR count). The van der Waals surface area contributed by atoms with Crippen LogP contribution in [-0.2, 0) is 20.7 Å². The Morgan fingerprint density at radius 2 is 2.19 bits per heavy atom. The van der Waals surface area contributed by atoms with E-state index < -0.39 is 23.7 Å². The van der Waals surface area contributed by atoms with E-state index in [1.165, 1.54) is 11.2 Å². The van der Waals surface area contributed by atoms with E-state index in [9.17, 15) is 9.59 Å². The molecular weight excluding hydrogens is 274 g/mol. The Balaban J connectivity index is 2.28. The first-order valence-corrected chi connectivity index (χ1v) is 7.02. The number of H-pyrrole nitrogens is 1. The van der Waals surface area contributed by atoms with Crippen molar-refractivity contribution in [1.82, 2.24) is 14.9 Å². The largest absolute Gasteiger partial charge is 0.464 e. The highest BCUT2D eigenvalue weighted by Gasteiger charge is 2.40. The number of aromatic amines is 1. The maximum absolute atomic E-state index is 12.3. The normalized spacial score (nSPS) is 18.1. The highest BCUT2D eigenvalue weighted by Crippen LogP contribution is 2.29. The summed E-state index contributed by atoms with van der Waals surface area (Å²) in [7, 11) is 0. The Morgan fingerprint density at radius 3 is 2.81 bits per heavy atom. The van der Waals surface area contributed by atoms with E-state index >= 15 is 0 Å². The third kappa shape index (κ3) is 3.34. The Kier molecular flexibility index (Phi) is 4.20. The summed E-state index contributed by atoms with van der Waals surface area (Å²) in [6, 6.07) is -0.852. The van der Waals surface area contributed by atoms with Gasteiger partial charge < -0.3 is 14.5 Å². The van der Waals surface area contributed by atoms with Gasteiger partial charge in [0.1, 0.15) is 5.60 Å². The van der Waals surface area contributed by atoms with E-state index in [2.05, 4.69) is 9.97 Å². The predicted molar refractivity (Wildman–Crippen MR) is 74.6 cm³/mol. The Morgan fingerprint density at radius 1 is 1.48 bits per heavy atom. The van der Waals surface area contributed by atoms with Crippen LogP contribution in [0.2, 0.25) is 0 Å². The molecule has 1 aliphatic rings. The number of amides is 1. The number of nitrogens with one attached hydrogen (secondary N) is 1. The van der Waals surface area contributed by atoms with Gasteiger partial charge in [-0.2, -0.15) is 0 Å². The van der Waals surface area contributed by atoms with Crippen molar-refractivity contribution in [3.63, 3.8) is 0 Å². The maximum Gasteiger partial charge on any atom is 0.411 e. The predicted octanol–water partition coefficient (Wildman–Crippen LogP) is 1.81. The number of imidazole rings is 1. The van der Waals surface area contributed by atoms with Crippen molar-refractivity contribution in [2.24, 2.45) is 0 Å². The smallest absolute Gasteiger partial charge is 0.411 e. The van der Waals surface area contributed by atoms with Crippen LogP contribution in [0.25, 0.3) is 0 Å². The van der Waals surface area contributed by atoms with E-state index in [1.54, 1.807) is 27.7 Å². The van der Waals surface area contributed by atoms with Crippen molar-refractivity contribution in [3.8, 4) is 0 Å². The summed E-state index contributed by atoms with van der Waals surface area (Å²) in [6.07, 6.45) is 1.59. The topological polar surface area (TPSA) is 84.5 Å². The molecule has 1 aromatic heterocycles. The minimum absolute atomic E-state index is 0.247. The van der Waals surface area contributed by atoms with Crippen molar-refractivity contribution in [1.29, 1.82) is 0 Å². The molecule has 1 atom stereocenters. The molecule has 0 aromatic carbocycles. The molecule has 7 heteroatoms. The highest BCUT2D eigenvalue weighted by atomic mass is 16.6. The first-order chi connectivity index (χ1) is 9.83. The highest BCUT2D eigenvalue weighted by molar-refractivity contribution is 5.83. The number of fused-ring (bicyclic) bond motifs is 1. The lowest BCUT2D eigenvalue weighted by atomic mass is 10.0. The third-order valence-corrected chi connectivity index (χ3v) is 3.06. The average molecular weight is 295 g/mol. The molecule has 1 aromatic rings. The summed E-state index contributed by atoms with van der Waals surface area (Å²) in [4.78, 5) is 33.1. The number of hydrogen-bond donors (Lipinski definition) is 1. The Labute approximate surface area is 123 Å². The zero-order valence-electron chi connectivity index (χ0n) is 12.8. The summed E-state index contributed by atoms with van der Waals surface area (Å²) in [5, 5.41) is 0. The Hall–Kier alpha value is -2.05. The fraction of sp³-hybridized carbons (Fsp3) is 0.643. The second-order valence-electron chi connectivity index (χ2n) is 5.84. The second kappa shape index (κ2) is 5.75. The lowest BCUT2D eigenvalue weighted by molar-refractivity contribution is -0.150. The van der Waals surface area contributed by atoms with Gasteiger partial charge in [0.2, 0.25) is 0 Å². The van der Waals surface area contributed by atoms with Crippen LogP contribution in [0.1, 0.15) is 45.1 Å². The van der Waals surface area contributed by atoms with Crippen LogP contribution < -0.4 is 0 Å². The van der Waals surface area contributed by atoms with Crippen LogP contribution in [0.15, 0.2) is 6.33 Å². The molecule has 0 saturated carbocycles. The van der Waals surface area contributed by atoms with Crippen LogP contribution in [-0.4, -0.2) is 45.7 Å². The standard InChI is InChI=1S/C14H21N3O4/c1-5-20-12(18)11-10-9(15-8-16-10)6-7-17(11)13(19)21-14(2,3)4/h8,11H,5-7H2,1-4H3,(H,15,16)/t11-/m1/s1. The zero-order valence-corrected chi connectivity index (χ0v) is 12.8. The zero-order chi connectivity index (χ0) is 15.6. The van der Waals surface area contributed by atoms with Gasteiger partial charge in [0.15, 0.2) is 6.04 Å². The summed E-state index contributed by atoms with van der Waals surface area (Å²) in [5.41, 5.74) is 0.765. The first kappa shape index (κ1) is 15.3. The quantitative estimate of drug-likeness (QED) is 0.841. The number of esters is 1. The molecule has 7 nitrogen and oxygen atoms in total. The average Bonchev–Trinajstić information content (AvgIpc) is 2.83. The number of carbonyl (C=O) groups is 2. The molecule has 116 valence electrons. The van der Waals surface area contributed by atoms with Crippen LogP contribution >= 0.6 is 0 Å². The molecule has 0 spiro atoms. The van der Waals surface area contributed by atoms with Gasteiger partial charge in [-0.15, -0.1) is 0 Å². The van der Waals surface area contributed by atoms with E-state index in [0.29, 0.717) is 18.7 Å². The first-order valence-electron chi connectivity index (χ1n) is 7.02. The molecular formula is C14H21N3O4. The number of nitrogens with zero attached hydrogens (tertiary/aromatic N) is 2. The minimum atomic E-state index is -0.852. The summed E-state index contributed by atoms with van der Waals surface area (Å²) < 4.78 is 10.4. The number of carbonyl (C=O) groups excluding carboxylic acids is 2. The van der Waals surface area contributed by atoms with Crippen molar-refractivity contribution in [2.75, 3.05) is 13.2 Å². The van der Waals surface area contributed by atoms with Gasteiger partial charge in [0, 0.05) is 18.7 Å². The van der Waals surface area contributed by atoms with Crippen molar-refractivity contribution >= 4 is 12.1 Å². The second-order valence-corrected chi connectivity index (χ2v) is 5.84. The molecule has 2 heterocycles. The number of hydrogen-bond acceptors (Lipinski definition) is 5. The summed E-state index contributed by atoms with van der Waals surface area (Å²) in [6.45, 7) is 7.71. The van der Waals surface area contributed by atoms with Gasteiger partial charge in [-0.05, 0) is 27.7 Å². The molecule has 1 aliphatic heterocycles. The molecule has 0 fully saturated rings. The monoisotopic (exact) mass is 295 g/mol. The lowest BCUT2D eigenvalue weighted by Gasteiger charge is -2.34. The van der Waals surface area contributed by atoms with Crippen LogP contribution in [0.3, 0.4) is 0 Å². The molecule has 0 saturated heterocycles. The molecule has 1 amide bonds. The van der Waals surface area contributed by atoms with Crippen LogP contribution in [0, 0.1) is 0 Å². The molecule has 0 aliphatic carbocycles. The fourth-order valence-corrected chi connectivity index (χ4v) is 2.25. The Bertz CT molecular complexity index is 533. The van der Waals surface area contributed by atoms with Gasteiger partial charge >= 0.3 is 12.1 Å². The summed E-state index contributed by atoms with van der Waals surface area (Å²) in [5.74, 6) is -0.489. The van der Waals surface area contributed by atoms with Gasteiger partial charge in [-0.1, -0.05) is 0 Å². The van der Waals surface area contributed by atoms with Gasteiger partial charge in [-0.3, -0.25) is 4.90 Å². The van der Waals surface area contributed by atoms with E-state index in [1.807, 2.05) is 0 Å². The van der Waals surface area contributed by atoms with Crippen LogP contribution in [0.4, 0.5) is 4.79 Å². The number of aromatic nitrogens is 2. The molecule has 0 radical (unpaired) electrons. The van der Waals surface area contributed by atoms with E-state index in [-0.39, 0.29) is 6.61 Å². The SMILES string of the molecule is CCOC(=O)[C@H]1c2nc[nH]c2CCN1C(=O)OC(C)(C)C. The van der Waals surface area contributed by atoms with Crippen molar-refractivity contribution in [2.45, 2.75) is 45.8 Å². The van der Waals surface area contributed by atoms with Crippen LogP contribution in [0.5, 0.6) is 0 Å². The van der Waals surface area contributed by atoms with E-state index in [4.69, 9.17) is 9.47 Å². The number of rotatable bonds is 2. The molecule has 21 heavy (non-hydrogen) atoms. The van der Waals surface area contributed by atoms with Crippen molar-refractivity contribution < 1.29 is 19.1 Å². The summed E-state index contributed by atoms with van der Waals surface area (Å²) >= 11 is 0. The molecule has 0 unspecified atom stereocenters. The number of ether oxygens (including phenoxy) is 2. The lowest BCUT2D eigenvalue weighted by Crippen LogP contribution is -2.46. The molecule has 0 bridgehead atoms. The van der Waals surface area contributed by atoms with E-state index in [0.717, 1.165) is 5.69 Å². The minimum Gasteiger partial charge on any atom is -0.464 e. The molecule has 1 N–H and O–H groups in total. The van der Waals surface area contributed by atoms with Gasteiger partial charge in [0.05, 0.1) is 18.6 Å². The third-order valence-electron chi connectivity index (χ3n) is 3.06. The van der Waals surface area contributed by atoms with Gasteiger partial charge in [0.25, 0.3) is 0 Å². The fourth-order valence-electron chi connectivity index (χ4n) is 2.25.